The highest BCUT2D eigenvalue weighted by atomic mass is 16.5. The predicted octanol–water partition coefficient (Wildman–Crippen LogP) is 0.868. The summed E-state index contributed by atoms with van der Waals surface area (Å²) < 4.78 is 7.47. The molecule has 0 aromatic carbocycles. The van der Waals surface area contributed by atoms with Gasteiger partial charge in [-0.25, -0.2) is 9.97 Å². The monoisotopic (exact) mass is 303 g/mol. The van der Waals surface area contributed by atoms with Crippen molar-refractivity contribution >= 4 is 11.2 Å². The second kappa shape index (κ2) is 7.17. The average Bonchev–Trinajstić information content (AvgIpc) is 2.90. The van der Waals surface area contributed by atoms with Gasteiger partial charge in [0.05, 0.1) is 6.61 Å². The first-order valence-electron chi connectivity index (χ1n) is 7.98. The van der Waals surface area contributed by atoms with E-state index < -0.39 is 0 Å². The fourth-order valence-corrected chi connectivity index (χ4v) is 2.94. The van der Waals surface area contributed by atoms with Gasteiger partial charge in [0.25, 0.3) is 0 Å². The molecule has 1 aliphatic rings. The fraction of sp³-hybridized carbons (Fsp3) is 0.625. The van der Waals surface area contributed by atoms with Gasteiger partial charge >= 0.3 is 0 Å². The highest BCUT2D eigenvalue weighted by molar-refractivity contribution is 5.71. The van der Waals surface area contributed by atoms with Crippen LogP contribution in [0.25, 0.3) is 11.2 Å². The van der Waals surface area contributed by atoms with Crippen LogP contribution in [0.2, 0.25) is 0 Å². The molecule has 0 bridgehead atoms. The van der Waals surface area contributed by atoms with Crippen LogP contribution < -0.4 is 0 Å². The number of ether oxygens (including phenoxy) is 1. The number of nitrogens with zero attached hydrogens (tertiary/aromatic N) is 5. The molecule has 0 amide bonds. The Morgan fingerprint density at radius 2 is 2.00 bits per heavy atom. The Hall–Kier alpha value is -1.50. The maximum Gasteiger partial charge on any atom is 0.160 e. The summed E-state index contributed by atoms with van der Waals surface area (Å²) in [5.41, 5.74) is 1.97. The highest BCUT2D eigenvalue weighted by Crippen LogP contribution is 2.14. The molecule has 0 radical (unpaired) electrons. The number of fused-ring (bicyclic) bond motifs is 1. The summed E-state index contributed by atoms with van der Waals surface area (Å²) in [6, 6.07) is 3.98. The molecule has 0 aliphatic carbocycles. The van der Waals surface area contributed by atoms with Crippen molar-refractivity contribution in [2.75, 3.05) is 53.5 Å². The lowest BCUT2D eigenvalue weighted by atomic mass is 10.3. The molecule has 6 heteroatoms. The van der Waals surface area contributed by atoms with Gasteiger partial charge in [0, 0.05) is 59.0 Å². The molecular weight excluding hydrogens is 278 g/mol. The Morgan fingerprint density at radius 1 is 1.18 bits per heavy atom. The summed E-state index contributed by atoms with van der Waals surface area (Å²) in [6.45, 7) is 7.27. The Labute approximate surface area is 131 Å². The van der Waals surface area contributed by atoms with Crippen molar-refractivity contribution in [1.29, 1.82) is 0 Å². The lowest BCUT2D eigenvalue weighted by molar-refractivity contribution is 0.149. The molecule has 0 unspecified atom stereocenters. The third-order valence-electron chi connectivity index (χ3n) is 4.35. The van der Waals surface area contributed by atoms with Crippen LogP contribution in [0, 0.1) is 0 Å². The topological polar surface area (TPSA) is 46.4 Å². The molecule has 0 spiro atoms. The van der Waals surface area contributed by atoms with Crippen molar-refractivity contribution in [3.8, 4) is 0 Å². The number of hydrogen-bond acceptors (Lipinski definition) is 5. The van der Waals surface area contributed by atoms with Crippen molar-refractivity contribution in [2.24, 2.45) is 0 Å². The molecule has 2 aromatic rings. The number of hydrogen-bond donors (Lipinski definition) is 0. The van der Waals surface area contributed by atoms with Crippen LogP contribution in [-0.4, -0.2) is 77.8 Å². The molecule has 3 heterocycles. The molecule has 22 heavy (non-hydrogen) atoms. The fourth-order valence-electron chi connectivity index (χ4n) is 2.94. The zero-order valence-corrected chi connectivity index (χ0v) is 13.5. The molecule has 0 atom stereocenters. The first kappa shape index (κ1) is 15.4. The minimum absolute atomic E-state index is 0.692. The van der Waals surface area contributed by atoms with Gasteiger partial charge in [-0.15, -0.1) is 0 Å². The van der Waals surface area contributed by atoms with Gasteiger partial charge in [0.1, 0.15) is 11.3 Å². The Bertz CT molecular complexity index is 604. The van der Waals surface area contributed by atoms with E-state index in [4.69, 9.17) is 9.72 Å². The summed E-state index contributed by atoms with van der Waals surface area (Å²) in [5, 5.41) is 0. The van der Waals surface area contributed by atoms with Gasteiger partial charge in [0.2, 0.25) is 0 Å². The van der Waals surface area contributed by atoms with Crippen molar-refractivity contribution in [1.82, 2.24) is 24.3 Å². The van der Waals surface area contributed by atoms with Crippen molar-refractivity contribution < 1.29 is 4.74 Å². The first-order valence-corrected chi connectivity index (χ1v) is 7.98. The van der Waals surface area contributed by atoms with E-state index in [0.717, 1.165) is 62.7 Å². The Balaban J connectivity index is 1.73. The third kappa shape index (κ3) is 3.45. The summed E-state index contributed by atoms with van der Waals surface area (Å²) >= 11 is 0. The van der Waals surface area contributed by atoms with Gasteiger partial charge in [-0.2, -0.15) is 0 Å². The third-order valence-corrected chi connectivity index (χ3v) is 4.35. The van der Waals surface area contributed by atoms with Crippen LogP contribution >= 0.6 is 0 Å². The van der Waals surface area contributed by atoms with Crippen molar-refractivity contribution in [3.63, 3.8) is 0 Å². The zero-order chi connectivity index (χ0) is 15.4. The van der Waals surface area contributed by atoms with Crippen molar-refractivity contribution in [3.05, 3.63) is 24.2 Å². The summed E-state index contributed by atoms with van der Waals surface area (Å²) in [5.74, 6) is 1.07. The molecule has 2 aromatic heterocycles. The molecule has 0 saturated carbocycles. The number of methoxy groups -OCH3 is 1. The van der Waals surface area contributed by atoms with E-state index in [2.05, 4.69) is 26.4 Å². The highest BCUT2D eigenvalue weighted by Gasteiger charge is 2.16. The van der Waals surface area contributed by atoms with Gasteiger partial charge in [0.15, 0.2) is 5.65 Å². The largest absolute Gasteiger partial charge is 0.384 e. The summed E-state index contributed by atoms with van der Waals surface area (Å²) in [7, 11) is 3.92. The molecule has 6 nitrogen and oxygen atoms in total. The minimum atomic E-state index is 0.692. The maximum atomic E-state index is 5.21. The van der Waals surface area contributed by atoms with Crippen molar-refractivity contribution in [2.45, 2.75) is 13.0 Å². The summed E-state index contributed by atoms with van der Waals surface area (Å²) in [6.07, 6.45) is 2.67. The van der Waals surface area contributed by atoms with E-state index in [1.165, 1.54) is 0 Å². The van der Waals surface area contributed by atoms with E-state index in [9.17, 15) is 0 Å². The number of piperazine rings is 1. The van der Waals surface area contributed by atoms with Gasteiger partial charge in [-0.3, -0.25) is 4.90 Å². The van der Waals surface area contributed by atoms with Gasteiger partial charge in [-0.05, 0) is 19.2 Å². The second-order valence-electron chi connectivity index (χ2n) is 5.91. The quantitative estimate of drug-likeness (QED) is 0.792. The second-order valence-corrected chi connectivity index (χ2v) is 5.91. The summed E-state index contributed by atoms with van der Waals surface area (Å²) in [4.78, 5) is 14.1. The van der Waals surface area contributed by atoms with Crippen LogP contribution in [0.15, 0.2) is 18.3 Å². The van der Waals surface area contributed by atoms with E-state index in [1.54, 1.807) is 7.11 Å². The van der Waals surface area contributed by atoms with E-state index >= 15 is 0 Å². The number of aromatic nitrogens is 3. The molecule has 1 aliphatic heterocycles. The number of rotatable bonds is 6. The van der Waals surface area contributed by atoms with Crippen LogP contribution in [0.1, 0.15) is 5.82 Å². The SMILES string of the molecule is COCCc1nc2cccnc2n1CCN1CCN(C)CC1. The lowest BCUT2D eigenvalue weighted by Crippen LogP contribution is -2.45. The van der Waals surface area contributed by atoms with Crippen LogP contribution in [-0.2, 0) is 17.7 Å². The Kier molecular flexibility index (Phi) is 5.02. The van der Waals surface area contributed by atoms with Gasteiger partial charge < -0.3 is 14.2 Å². The molecule has 0 N–H and O–H groups in total. The standard InChI is InChI=1S/C16H25N5O/c1-19-7-9-20(10-8-19)11-12-21-15(5-13-22-2)18-14-4-3-6-17-16(14)21/h3-4,6H,5,7-13H2,1-2H3. The van der Waals surface area contributed by atoms with Crippen LogP contribution in [0.5, 0.6) is 0 Å². The molecule has 1 fully saturated rings. The van der Waals surface area contributed by atoms with E-state index in [0.29, 0.717) is 6.61 Å². The Morgan fingerprint density at radius 3 is 2.77 bits per heavy atom. The van der Waals surface area contributed by atoms with Crippen LogP contribution in [0.4, 0.5) is 0 Å². The smallest absolute Gasteiger partial charge is 0.160 e. The molecule has 120 valence electrons. The normalized spacial score (nSPS) is 17.4. The lowest BCUT2D eigenvalue weighted by Gasteiger charge is -2.32. The molecule has 1 saturated heterocycles. The first-order chi connectivity index (χ1) is 10.8. The minimum Gasteiger partial charge on any atom is -0.384 e. The molecular formula is C16H25N5O. The van der Waals surface area contributed by atoms with Crippen LogP contribution in [0.3, 0.4) is 0 Å². The number of imidazole rings is 1. The average molecular weight is 303 g/mol. The number of likely N-dealkylation sites (N-methyl/N-ethyl adjacent to an activating group) is 1. The van der Waals surface area contributed by atoms with E-state index in [1.807, 2.05) is 18.3 Å². The molecule has 3 rings (SSSR count). The number of pyridine rings is 1. The maximum absolute atomic E-state index is 5.21. The van der Waals surface area contributed by atoms with Gasteiger partial charge in [-0.1, -0.05) is 0 Å². The van der Waals surface area contributed by atoms with E-state index in [-0.39, 0.29) is 0 Å². The zero-order valence-electron chi connectivity index (χ0n) is 13.5. The predicted molar refractivity (Wildman–Crippen MR) is 87.0 cm³/mol.